The monoisotopic (exact) mass is 406 g/mol. The lowest BCUT2D eigenvalue weighted by atomic mass is 10.2. The number of hydrogen-bond acceptors (Lipinski definition) is 4. The van der Waals surface area contributed by atoms with Crippen LogP contribution in [0.5, 0.6) is 0 Å². The molecule has 0 aliphatic heterocycles. The molecule has 1 aromatic carbocycles. The maximum absolute atomic E-state index is 13.0. The van der Waals surface area contributed by atoms with Crippen LogP contribution in [0.25, 0.3) is 5.69 Å². The van der Waals surface area contributed by atoms with Gasteiger partial charge in [-0.2, -0.15) is 0 Å². The van der Waals surface area contributed by atoms with Crippen LogP contribution in [-0.2, 0) is 6.54 Å². The molecule has 150 valence electrons. The lowest BCUT2D eigenvalue weighted by Gasteiger charge is -2.10. The molecule has 29 heavy (non-hydrogen) atoms. The van der Waals surface area contributed by atoms with Gasteiger partial charge in [-0.25, -0.2) is 0 Å². The van der Waals surface area contributed by atoms with Crippen LogP contribution in [0.4, 0.5) is 0 Å². The molecule has 0 spiro atoms. The minimum atomic E-state index is 0.114. The third-order valence-corrected chi connectivity index (χ3v) is 6.32. The Hall–Kier alpha value is -2.60. The van der Waals surface area contributed by atoms with E-state index >= 15 is 0 Å². The first kappa shape index (κ1) is 19.7. The number of benzene rings is 1. The van der Waals surface area contributed by atoms with E-state index in [1.165, 1.54) is 30.2 Å². The summed E-state index contributed by atoms with van der Waals surface area (Å²) in [5.41, 5.74) is 5.11. The first-order valence-electron chi connectivity index (χ1n) is 9.95. The predicted molar refractivity (Wildman–Crippen MR) is 117 cm³/mol. The van der Waals surface area contributed by atoms with E-state index in [0.717, 1.165) is 33.6 Å². The van der Waals surface area contributed by atoms with Crippen LogP contribution in [0.3, 0.4) is 0 Å². The molecule has 1 aliphatic carbocycles. The zero-order valence-electron chi connectivity index (χ0n) is 17.2. The van der Waals surface area contributed by atoms with Crippen molar-refractivity contribution in [3.05, 3.63) is 71.3 Å². The van der Waals surface area contributed by atoms with Crippen LogP contribution in [0, 0.1) is 20.8 Å². The average molecular weight is 407 g/mol. The zero-order chi connectivity index (χ0) is 20.5. The van der Waals surface area contributed by atoms with Gasteiger partial charge in [0.15, 0.2) is 10.9 Å². The molecule has 3 aromatic rings. The maximum Gasteiger partial charge on any atom is 0.191 e. The Kier molecular flexibility index (Phi) is 5.46. The second-order valence-corrected chi connectivity index (χ2v) is 8.62. The van der Waals surface area contributed by atoms with Crippen molar-refractivity contribution in [2.24, 2.45) is 0 Å². The SMILES string of the molecule is C=CCn1c(SCC(=O)c2cc(C)n(-c3ccc(C)cc3)c2C)nnc1C1CC1. The fraction of sp³-hybridized carbons (Fsp3) is 0.348. The highest BCUT2D eigenvalue weighted by Crippen LogP contribution is 2.40. The summed E-state index contributed by atoms with van der Waals surface area (Å²) >= 11 is 1.46. The number of carbonyl (C=O) groups is 1. The Balaban J connectivity index is 1.53. The van der Waals surface area contributed by atoms with Crippen molar-refractivity contribution in [1.82, 2.24) is 19.3 Å². The highest BCUT2D eigenvalue weighted by atomic mass is 32.2. The molecule has 2 aromatic heterocycles. The number of thioether (sulfide) groups is 1. The molecule has 0 atom stereocenters. The Morgan fingerprint density at radius 3 is 2.59 bits per heavy atom. The molecule has 1 fully saturated rings. The average Bonchev–Trinajstić information content (AvgIpc) is 3.40. The lowest BCUT2D eigenvalue weighted by Crippen LogP contribution is -2.07. The van der Waals surface area contributed by atoms with Gasteiger partial charge in [0, 0.05) is 35.1 Å². The fourth-order valence-electron chi connectivity index (χ4n) is 3.70. The van der Waals surface area contributed by atoms with Crippen LogP contribution in [0.1, 0.15) is 51.9 Å². The maximum atomic E-state index is 13.0. The van der Waals surface area contributed by atoms with E-state index in [1.807, 2.05) is 26.0 Å². The van der Waals surface area contributed by atoms with Gasteiger partial charge in [0.1, 0.15) is 5.82 Å². The largest absolute Gasteiger partial charge is 0.318 e. The first-order valence-corrected chi connectivity index (χ1v) is 10.9. The van der Waals surface area contributed by atoms with E-state index in [2.05, 4.69) is 57.1 Å². The van der Waals surface area contributed by atoms with Crippen LogP contribution >= 0.6 is 11.8 Å². The first-order chi connectivity index (χ1) is 14.0. The van der Waals surface area contributed by atoms with Crippen LogP contribution < -0.4 is 0 Å². The van der Waals surface area contributed by atoms with E-state index < -0.39 is 0 Å². The van der Waals surface area contributed by atoms with Crippen molar-refractivity contribution in [3.8, 4) is 5.69 Å². The van der Waals surface area contributed by atoms with Gasteiger partial charge in [-0.15, -0.1) is 16.8 Å². The Morgan fingerprint density at radius 1 is 1.21 bits per heavy atom. The van der Waals surface area contributed by atoms with E-state index in [1.54, 1.807) is 0 Å². The third-order valence-electron chi connectivity index (χ3n) is 5.36. The predicted octanol–water partition coefficient (Wildman–Crippen LogP) is 5.03. The highest BCUT2D eigenvalue weighted by Gasteiger charge is 2.30. The standard InChI is InChI=1S/C23H26N4OS/c1-5-12-26-22(18-8-9-18)24-25-23(26)29-14-21(28)20-13-16(3)27(17(20)4)19-10-6-15(2)7-11-19/h5-7,10-11,13,18H,1,8-9,12,14H2,2-4H3. The van der Waals surface area contributed by atoms with Crippen molar-refractivity contribution < 1.29 is 4.79 Å². The third kappa shape index (κ3) is 3.94. The zero-order valence-corrected chi connectivity index (χ0v) is 18.0. The number of rotatable bonds is 8. The highest BCUT2D eigenvalue weighted by molar-refractivity contribution is 7.99. The van der Waals surface area contributed by atoms with Gasteiger partial charge in [0.05, 0.1) is 5.75 Å². The molecule has 4 rings (SSSR count). The molecular weight excluding hydrogens is 380 g/mol. The summed E-state index contributed by atoms with van der Waals surface area (Å²) in [6.45, 7) is 10.6. The van der Waals surface area contributed by atoms with Crippen LogP contribution in [-0.4, -0.2) is 30.9 Å². The van der Waals surface area contributed by atoms with E-state index in [0.29, 0.717) is 18.2 Å². The van der Waals surface area contributed by atoms with Crippen molar-refractivity contribution in [3.63, 3.8) is 0 Å². The lowest BCUT2D eigenvalue weighted by molar-refractivity contribution is 0.102. The summed E-state index contributed by atoms with van der Waals surface area (Å²) in [6.07, 6.45) is 4.20. The molecule has 0 unspecified atom stereocenters. The van der Waals surface area contributed by atoms with Crippen molar-refractivity contribution in [1.29, 1.82) is 0 Å². The molecule has 6 heteroatoms. The van der Waals surface area contributed by atoms with E-state index in [9.17, 15) is 4.79 Å². The van der Waals surface area contributed by atoms with Crippen molar-refractivity contribution in [2.75, 3.05) is 5.75 Å². The number of nitrogens with zero attached hydrogens (tertiary/aromatic N) is 4. The summed E-state index contributed by atoms with van der Waals surface area (Å²) in [4.78, 5) is 13.0. The van der Waals surface area contributed by atoms with Crippen LogP contribution in [0.15, 0.2) is 48.1 Å². The number of allylic oxidation sites excluding steroid dienone is 1. The molecule has 1 saturated carbocycles. The van der Waals surface area contributed by atoms with Gasteiger partial charge in [0.2, 0.25) is 0 Å². The summed E-state index contributed by atoms with van der Waals surface area (Å²) in [6, 6.07) is 10.4. The molecule has 0 radical (unpaired) electrons. The smallest absolute Gasteiger partial charge is 0.191 e. The van der Waals surface area contributed by atoms with Gasteiger partial charge in [0.25, 0.3) is 0 Å². The van der Waals surface area contributed by atoms with Crippen LogP contribution in [0.2, 0.25) is 0 Å². The van der Waals surface area contributed by atoms with E-state index in [4.69, 9.17) is 0 Å². The number of carbonyl (C=O) groups excluding carboxylic acids is 1. The van der Waals surface area contributed by atoms with Crippen molar-refractivity contribution >= 4 is 17.5 Å². The normalized spacial score (nSPS) is 13.6. The second-order valence-electron chi connectivity index (χ2n) is 7.68. The van der Waals surface area contributed by atoms with E-state index in [-0.39, 0.29) is 5.78 Å². The van der Waals surface area contributed by atoms with Gasteiger partial charge in [-0.05, 0) is 51.8 Å². The number of ketones is 1. The number of hydrogen-bond donors (Lipinski definition) is 0. The van der Waals surface area contributed by atoms with Gasteiger partial charge in [-0.3, -0.25) is 4.79 Å². The number of aryl methyl sites for hydroxylation is 2. The summed E-state index contributed by atoms with van der Waals surface area (Å²) < 4.78 is 4.24. The fourth-order valence-corrected chi connectivity index (χ4v) is 4.53. The summed E-state index contributed by atoms with van der Waals surface area (Å²) in [5, 5.41) is 9.49. The minimum absolute atomic E-state index is 0.114. The number of aromatic nitrogens is 4. The molecule has 1 aliphatic rings. The number of Topliss-reactive ketones (excluding diaryl/α,β-unsaturated/α-hetero) is 1. The summed E-state index contributed by atoms with van der Waals surface area (Å²) in [7, 11) is 0. The van der Waals surface area contributed by atoms with Crippen molar-refractivity contribution in [2.45, 2.75) is 51.2 Å². The second kappa shape index (κ2) is 8.03. The minimum Gasteiger partial charge on any atom is -0.318 e. The molecule has 5 nitrogen and oxygen atoms in total. The topological polar surface area (TPSA) is 52.7 Å². The van der Waals surface area contributed by atoms with Gasteiger partial charge >= 0.3 is 0 Å². The molecule has 0 N–H and O–H groups in total. The van der Waals surface area contributed by atoms with Gasteiger partial charge in [-0.1, -0.05) is 35.5 Å². The molecule has 2 heterocycles. The molecule has 0 saturated heterocycles. The molecule has 0 bridgehead atoms. The molecular formula is C23H26N4OS. The Morgan fingerprint density at radius 2 is 1.93 bits per heavy atom. The Bertz CT molecular complexity index is 1060. The summed E-state index contributed by atoms with van der Waals surface area (Å²) in [5.74, 6) is 2.00. The molecule has 0 amide bonds. The van der Waals surface area contributed by atoms with Gasteiger partial charge < -0.3 is 9.13 Å². The quantitative estimate of drug-likeness (QED) is 0.299. The Labute approximate surface area is 175 Å².